The molecule has 0 N–H and O–H groups in total. The Kier molecular flexibility index (Phi) is 9.92. The Balaban J connectivity index is 1.15. The molecule has 0 unspecified atom stereocenters. The molecule has 2 nitrogen and oxygen atoms in total. The second kappa shape index (κ2) is 16.3. The maximum atomic E-state index is 2.63. The van der Waals surface area contributed by atoms with E-state index in [1.54, 1.807) is 0 Å². The van der Waals surface area contributed by atoms with E-state index < -0.39 is 8.07 Å². The summed E-state index contributed by atoms with van der Waals surface area (Å²) >= 11 is 0. The molecule has 71 heavy (non-hydrogen) atoms. The van der Waals surface area contributed by atoms with E-state index in [-0.39, 0.29) is 17.5 Å². The Labute approximate surface area is 420 Å². The van der Waals surface area contributed by atoms with Gasteiger partial charge in [0.15, 0.2) is 8.07 Å². The standard InChI is InChI=1S/C67H55BN2Si/c1-66(2,3)48-34-36-50(37-35-48)69(49-24-12-7-13-25-49)52-39-41-61-60(45-52)68-59-32-20-21-33-63(59)71(53-26-14-8-15-27-53,54-28-16-9-17-29-54)64-43-47(46-22-10-6-11-23-46)42-62(65(64)68)70(61)51-38-40-56-55-30-18-19-31-57(55)67(4,5)58(56)44-51/h6-45H,1-5H3. The van der Waals surface area contributed by atoms with Crippen molar-refractivity contribution in [3.63, 3.8) is 0 Å². The van der Waals surface area contributed by atoms with Gasteiger partial charge in [0.2, 0.25) is 6.71 Å². The molecule has 0 radical (unpaired) electrons. The fourth-order valence-electron chi connectivity index (χ4n) is 12.6. The number of para-hydroxylation sites is 1. The number of nitrogens with zero attached hydrogens (tertiary/aromatic N) is 2. The van der Waals surface area contributed by atoms with Gasteiger partial charge in [-0.1, -0.05) is 222 Å². The zero-order valence-corrected chi connectivity index (χ0v) is 42.1. The summed E-state index contributed by atoms with van der Waals surface area (Å²) in [4.78, 5) is 5.08. The Bertz CT molecular complexity index is 3620. The zero-order valence-electron chi connectivity index (χ0n) is 41.1. The Morgan fingerprint density at radius 1 is 0.437 bits per heavy atom. The molecule has 0 saturated carbocycles. The van der Waals surface area contributed by atoms with Crippen LogP contribution in [-0.2, 0) is 10.8 Å². The van der Waals surface area contributed by atoms with Gasteiger partial charge in [-0.3, -0.25) is 0 Å². The van der Waals surface area contributed by atoms with E-state index in [1.807, 2.05) is 0 Å². The molecule has 3 aliphatic rings. The van der Waals surface area contributed by atoms with Crippen LogP contribution in [0.5, 0.6) is 0 Å². The predicted octanol–water partition coefficient (Wildman–Crippen LogP) is 12.4. The van der Waals surface area contributed by atoms with Gasteiger partial charge in [-0.25, -0.2) is 0 Å². The number of fused-ring (bicyclic) bond motifs is 7. The monoisotopic (exact) mass is 926 g/mol. The van der Waals surface area contributed by atoms with Crippen LogP contribution in [0.4, 0.5) is 34.1 Å². The molecule has 10 aromatic carbocycles. The number of benzene rings is 10. The summed E-state index contributed by atoms with van der Waals surface area (Å²) < 4.78 is 0. The highest BCUT2D eigenvalue weighted by Crippen LogP contribution is 2.51. The average molecular weight is 927 g/mol. The first-order valence-electron chi connectivity index (χ1n) is 25.2. The van der Waals surface area contributed by atoms with Gasteiger partial charge in [-0.2, -0.15) is 0 Å². The van der Waals surface area contributed by atoms with Gasteiger partial charge in [0, 0.05) is 39.5 Å². The highest BCUT2D eigenvalue weighted by molar-refractivity contribution is 7.26. The first-order valence-corrected chi connectivity index (χ1v) is 27.2. The summed E-state index contributed by atoms with van der Waals surface area (Å²) in [5.74, 6) is 0. The zero-order chi connectivity index (χ0) is 48.1. The van der Waals surface area contributed by atoms with E-state index in [9.17, 15) is 0 Å². The van der Waals surface area contributed by atoms with Crippen LogP contribution < -0.4 is 46.9 Å². The molecular formula is C67H55BN2Si. The minimum atomic E-state index is -3.03. The predicted molar refractivity (Wildman–Crippen MR) is 306 cm³/mol. The molecule has 0 bridgehead atoms. The normalized spacial score (nSPS) is 14.4. The summed E-state index contributed by atoms with van der Waals surface area (Å²) in [6, 6.07) is 92.4. The van der Waals surface area contributed by atoms with E-state index in [0.29, 0.717) is 0 Å². The average Bonchev–Trinajstić information content (AvgIpc) is 3.64. The van der Waals surface area contributed by atoms with E-state index in [0.717, 1.165) is 17.1 Å². The quantitative estimate of drug-likeness (QED) is 0.147. The molecule has 0 amide bonds. The summed E-state index contributed by atoms with van der Waals surface area (Å²) in [6.07, 6.45) is 0. The number of anilines is 6. The van der Waals surface area contributed by atoms with Gasteiger partial charge in [-0.15, -0.1) is 0 Å². The summed E-state index contributed by atoms with van der Waals surface area (Å²) in [5.41, 5.74) is 20.1. The van der Waals surface area contributed by atoms with Crippen molar-refractivity contribution in [1.29, 1.82) is 0 Å². The van der Waals surface area contributed by atoms with E-state index >= 15 is 0 Å². The molecule has 0 spiro atoms. The summed E-state index contributed by atoms with van der Waals surface area (Å²) in [5, 5.41) is 5.68. The molecule has 2 heterocycles. The lowest BCUT2D eigenvalue weighted by Gasteiger charge is -2.48. The van der Waals surface area contributed by atoms with Crippen molar-refractivity contribution in [1.82, 2.24) is 0 Å². The van der Waals surface area contributed by atoms with Gasteiger partial charge in [0.05, 0.1) is 0 Å². The Morgan fingerprint density at radius 3 is 1.70 bits per heavy atom. The third-order valence-corrected chi connectivity index (χ3v) is 20.8. The number of hydrogen-bond donors (Lipinski definition) is 0. The first-order chi connectivity index (χ1) is 34.6. The molecular weight excluding hydrogens is 872 g/mol. The van der Waals surface area contributed by atoms with E-state index in [1.165, 1.54) is 93.1 Å². The van der Waals surface area contributed by atoms with Crippen molar-refractivity contribution in [2.45, 2.75) is 45.4 Å². The van der Waals surface area contributed by atoms with Crippen LogP contribution in [0, 0.1) is 0 Å². The molecule has 1 aliphatic carbocycles. The SMILES string of the molecule is CC(C)(C)c1ccc(N(c2ccccc2)c2ccc3c(c2)B2c4ccccc4[Si](c4ccccc4)(c4ccccc4)c4cc(-c5ccccc5)cc(c42)N3c2ccc3c(c2)C(C)(C)c2ccccc2-3)cc1. The van der Waals surface area contributed by atoms with Gasteiger partial charge in [0.1, 0.15) is 0 Å². The molecule has 4 heteroatoms. The minimum Gasteiger partial charge on any atom is -0.311 e. The van der Waals surface area contributed by atoms with Crippen molar-refractivity contribution >= 4 is 86.0 Å². The number of hydrogen-bond acceptors (Lipinski definition) is 2. The van der Waals surface area contributed by atoms with Gasteiger partial charge in [-0.05, 0) is 137 Å². The van der Waals surface area contributed by atoms with Crippen LogP contribution in [-0.4, -0.2) is 14.8 Å². The van der Waals surface area contributed by atoms with E-state index in [4.69, 9.17) is 0 Å². The molecule has 0 fully saturated rings. The number of rotatable bonds is 7. The molecule has 2 aliphatic heterocycles. The van der Waals surface area contributed by atoms with Crippen LogP contribution in [0.25, 0.3) is 22.3 Å². The molecule has 0 saturated heterocycles. The lowest BCUT2D eigenvalue weighted by atomic mass is 9.34. The van der Waals surface area contributed by atoms with Crippen molar-refractivity contribution < 1.29 is 0 Å². The van der Waals surface area contributed by atoms with Crippen molar-refractivity contribution in [2.75, 3.05) is 9.80 Å². The fraction of sp³-hybridized carbons (Fsp3) is 0.104. The van der Waals surface area contributed by atoms with Crippen molar-refractivity contribution in [3.8, 4) is 22.3 Å². The third-order valence-electron chi connectivity index (χ3n) is 15.9. The molecule has 0 atom stereocenters. The second-order valence-corrected chi connectivity index (χ2v) is 25.0. The highest BCUT2D eigenvalue weighted by Gasteiger charge is 2.53. The van der Waals surface area contributed by atoms with E-state index in [2.05, 4.69) is 287 Å². The lowest BCUT2D eigenvalue weighted by Crippen LogP contribution is -2.87. The summed E-state index contributed by atoms with van der Waals surface area (Å²) in [6.45, 7) is 11.6. The third kappa shape index (κ3) is 6.61. The van der Waals surface area contributed by atoms with Crippen LogP contribution in [0.3, 0.4) is 0 Å². The van der Waals surface area contributed by atoms with Gasteiger partial charge >= 0.3 is 0 Å². The largest absolute Gasteiger partial charge is 0.311 e. The second-order valence-electron chi connectivity index (χ2n) is 21.3. The molecule has 340 valence electrons. The molecule has 13 rings (SSSR count). The van der Waals surface area contributed by atoms with Crippen LogP contribution >= 0.6 is 0 Å². The van der Waals surface area contributed by atoms with Gasteiger partial charge < -0.3 is 9.80 Å². The van der Waals surface area contributed by atoms with Crippen molar-refractivity contribution in [3.05, 3.63) is 259 Å². The Morgan fingerprint density at radius 2 is 1.01 bits per heavy atom. The summed E-state index contributed by atoms with van der Waals surface area (Å²) in [7, 11) is -3.03. The molecule has 10 aromatic rings. The van der Waals surface area contributed by atoms with Gasteiger partial charge in [0.25, 0.3) is 0 Å². The van der Waals surface area contributed by atoms with Crippen LogP contribution in [0.2, 0.25) is 0 Å². The maximum absolute atomic E-state index is 3.03. The Hall–Kier alpha value is -7.92. The first kappa shape index (κ1) is 43.1. The fourth-order valence-corrected chi connectivity index (χ4v) is 17.9. The maximum Gasteiger partial charge on any atom is 0.246 e. The molecule has 0 aromatic heterocycles. The highest BCUT2D eigenvalue weighted by atomic mass is 28.3. The van der Waals surface area contributed by atoms with Crippen LogP contribution in [0.1, 0.15) is 51.3 Å². The smallest absolute Gasteiger partial charge is 0.246 e. The van der Waals surface area contributed by atoms with Crippen molar-refractivity contribution in [2.24, 2.45) is 0 Å². The minimum absolute atomic E-state index is 0.0405. The lowest BCUT2D eigenvalue weighted by molar-refractivity contribution is 0.590. The van der Waals surface area contributed by atoms with Crippen LogP contribution in [0.15, 0.2) is 243 Å². The topological polar surface area (TPSA) is 6.48 Å².